The van der Waals surface area contributed by atoms with Crippen molar-refractivity contribution in [2.45, 2.75) is 25.3 Å². The summed E-state index contributed by atoms with van der Waals surface area (Å²) in [5, 5.41) is 29.3. The summed E-state index contributed by atoms with van der Waals surface area (Å²) in [4.78, 5) is 35.5. The lowest BCUT2D eigenvalue weighted by molar-refractivity contribution is -0.385. The molecule has 1 fully saturated rings. The highest BCUT2D eigenvalue weighted by Crippen LogP contribution is 2.45. The first kappa shape index (κ1) is 24.3. The van der Waals surface area contributed by atoms with Crippen molar-refractivity contribution in [1.29, 1.82) is 0 Å². The van der Waals surface area contributed by atoms with E-state index in [0.717, 1.165) is 18.4 Å². The number of hydrogen-bond acceptors (Lipinski definition) is 6. The normalized spacial score (nSPS) is 19.9. The third-order valence-corrected chi connectivity index (χ3v) is 6.86. The van der Waals surface area contributed by atoms with Gasteiger partial charge in [0.25, 0.3) is 17.3 Å². The van der Waals surface area contributed by atoms with E-state index in [1.54, 1.807) is 48.5 Å². The van der Waals surface area contributed by atoms with Gasteiger partial charge in [-0.2, -0.15) is 5.10 Å². The van der Waals surface area contributed by atoms with Gasteiger partial charge in [0.15, 0.2) is 0 Å². The van der Waals surface area contributed by atoms with E-state index in [1.807, 2.05) is 6.08 Å². The van der Waals surface area contributed by atoms with E-state index in [9.17, 15) is 25.0 Å². The molecule has 3 aromatic rings. The molecular weight excluding hydrogens is 496 g/mol. The molecule has 0 saturated heterocycles. The molecular formula is C27H21ClN4O5. The summed E-state index contributed by atoms with van der Waals surface area (Å²) >= 11 is 6.14. The molecule has 186 valence electrons. The Morgan fingerprint density at radius 2 is 1.68 bits per heavy atom. The number of nitro benzene ring substituents is 2. The highest BCUT2D eigenvalue weighted by Gasteiger charge is 2.44. The van der Waals surface area contributed by atoms with Gasteiger partial charge in [-0.1, -0.05) is 41.9 Å². The molecule has 37 heavy (non-hydrogen) atoms. The van der Waals surface area contributed by atoms with Crippen molar-refractivity contribution in [3.05, 3.63) is 120 Å². The molecule has 1 aliphatic heterocycles. The van der Waals surface area contributed by atoms with Crippen molar-refractivity contribution < 1.29 is 14.6 Å². The van der Waals surface area contributed by atoms with Gasteiger partial charge in [-0.3, -0.25) is 25.0 Å². The Morgan fingerprint density at radius 1 is 0.973 bits per heavy atom. The van der Waals surface area contributed by atoms with Crippen LogP contribution in [0, 0.1) is 26.1 Å². The zero-order valence-corrected chi connectivity index (χ0v) is 20.2. The van der Waals surface area contributed by atoms with Crippen molar-refractivity contribution in [3.8, 4) is 0 Å². The molecule has 2 aliphatic rings. The fourth-order valence-corrected chi connectivity index (χ4v) is 5.20. The minimum atomic E-state index is -0.546. The molecule has 5 rings (SSSR count). The Morgan fingerprint density at radius 3 is 2.41 bits per heavy atom. The van der Waals surface area contributed by atoms with E-state index in [1.165, 1.54) is 29.3 Å². The lowest BCUT2D eigenvalue weighted by Gasteiger charge is -2.29. The van der Waals surface area contributed by atoms with E-state index in [2.05, 4.69) is 0 Å². The summed E-state index contributed by atoms with van der Waals surface area (Å²) in [5.41, 5.74) is 3.16. The van der Waals surface area contributed by atoms with Crippen LogP contribution < -0.4 is 0 Å². The number of carbonyl (C=O) groups excluding carboxylic acids is 1. The van der Waals surface area contributed by atoms with Gasteiger partial charge in [0.05, 0.1) is 21.6 Å². The maximum atomic E-state index is 13.7. The summed E-state index contributed by atoms with van der Waals surface area (Å²) in [7, 11) is 0. The van der Waals surface area contributed by atoms with Crippen LogP contribution in [0.15, 0.2) is 83.5 Å². The van der Waals surface area contributed by atoms with Gasteiger partial charge in [0, 0.05) is 40.8 Å². The second kappa shape index (κ2) is 9.94. The minimum Gasteiger partial charge on any atom is -0.267 e. The van der Waals surface area contributed by atoms with Crippen LogP contribution in [-0.4, -0.2) is 26.5 Å². The van der Waals surface area contributed by atoms with E-state index < -0.39 is 15.9 Å². The van der Waals surface area contributed by atoms with Gasteiger partial charge in [0.1, 0.15) is 0 Å². The highest BCUT2D eigenvalue weighted by atomic mass is 35.5. The molecule has 1 saturated carbocycles. The van der Waals surface area contributed by atoms with Gasteiger partial charge in [-0.05, 0) is 60.2 Å². The van der Waals surface area contributed by atoms with Crippen molar-refractivity contribution in [3.63, 3.8) is 0 Å². The van der Waals surface area contributed by atoms with Crippen molar-refractivity contribution >= 4 is 40.7 Å². The van der Waals surface area contributed by atoms with Crippen molar-refractivity contribution in [2.75, 3.05) is 0 Å². The van der Waals surface area contributed by atoms with Crippen LogP contribution in [0.4, 0.5) is 11.4 Å². The number of amides is 1. The number of hydrazone groups is 1. The first-order valence-electron chi connectivity index (χ1n) is 11.7. The maximum absolute atomic E-state index is 13.7. The molecule has 0 bridgehead atoms. The molecule has 0 radical (unpaired) electrons. The standard InChI is InChI=1S/C27H21ClN4O5/c28-21-9-2-8-20(15-21)27(33)30-26(19-7-3-11-23(16-19)32(36)37)24-12-4-6-18(25(24)29-30)13-17-5-1-10-22(14-17)31(34)35/h1-3,5,7-11,13-16,24,26H,4,6,12H2/b18-13+/t24-,26+/m0/s1. The summed E-state index contributed by atoms with van der Waals surface area (Å²) < 4.78 is 0. The number of non-ortho nitro benzene ring substituents is 2. The van der Waals surface area contributed by atoms with Crippen LogP contribution in [-0.2, 0) is 0 Å². The van der Waals surface area contributed by atoms with Gasteiger partial charge in [0.2, 0.25) is 0 Å². The Kier molecular flexibility index (Phi) is 6.54. The molecule has 2 atom stereocenters. The maximum Gasteiger partial charge on any atom is 0.274 e. The predicted octanol–water partition coefficient (Wildman–Crippen LogP) is 6.59. The molecule has 3 aromatic carbocycles. The van der Waals surface area contributed by atoms with E-state index in [-0.39, 0.29) is 23.2 Å². The van der Waals surface area contributed by atoms with E-state index >= 15 is 0 Å². The number of carbonyl (C=O) groups is 1. The Bertz CT molecular complexity index is 1480. The lowest BCUT2D eigenvalue weighted by Crippen LogP contribution is -2.32. The van der Waals surface area contributed by atoms with E-state index in [0.29, 0.717) is 33.8 Å². The number of hydrogen-bond donors (Lipinski definition) is 0. The molecule has 0 aromatic heterocycles. The smallest absolute Gasteiger partial charge is 0.267 e. The van der Waals surface area contributed by atoms with Crippen LogP contribution in [0.3, 0.4) is 0 Å². The topological polar surface area (TPSA) is 119 Å². The lowest BCUT2D eigenvalue weighted by atomic mass is 9.77. The summed E-state index contributed by atoms with van der Waals surface area (Å²) in [5.74, 6) is -0.556. The monoisotopic (exact) mass is 516 g/mol. The molecule has 0 spiro atoms. The van der Waals surface area contributed by atoms with Crippen molar-refractivity contribution in [1.82, 2.24) is 5.01 Å². The number of allylic oxidation sites excluding steroid dienone is 1. The highest BCUT2D eigenvalue weighted by molar-refractivity contribution is 6.31. The molecule has 0 N–H and O–H groups in total. The Balaban J connectivity index is 1.60. The number of fused-ring (bicyclic) bond motifs is 1. The fourth-order valence-electron chi connectivity index (χ4n) is 5.01. The van der Waals surface area contributed by atoms with Gasteiger partial charge in [-0.15, -0.1) is 0 Å². The average Bonchev–Trinajstić information content (AvgIpc) is 3.29. The number of nitro groups is 2. The molecule has 9 nitrogen and oxygen atoms in total. The average molecular weight is 517 g/mol. The predicted molar refractivity (Wildman–Crippen MR) is 139 cm³/mol. The quantitative estimate of drug-likeness (QED) is 0.280. The number of halogens is 1. The first-order valence-corrected chi connectivity index (χ1v) is 12.1. The second-order valence-electron chi connectivity index (χ2n) is 8.96. The van der Waals surface area contributed by atoms with Gasteiger partial charge in [-0.25, -0.2) is 5.01 Å². The first-order chi connectivity index (χ1) is 17.8. The van der Waals surface area contributed by atoms with Crippen LogP contribution in [0.2, 0.25) is 5.02 Å². The minimum absolute atomic E-state index is 0.0118. The molecule has 1 heterocycles. The third-order valence-electron chi connectivity index (χ3n) is 6.63. The van der Waals surface area contributed by atoms with Crippen molar-refractivity contribution in [2.24, 2.45) is 11.0 Å². The SMILES string of the molecule is O=C(c1cccc(Cl)c1)N1N=C2/C(=C/c3cccc([N+](=O)[O-])c3)CCC[C@@H]2[C@H]1c1cccc([N+](=O)[O-])c1. The van der Waals surface area contributed by atoms with Gasteiger partial charge >= 0.3 is 0 Å². The number of benzene rings is 3. The zero-order valence-electron chi connectivity index (χ0n) is 19.5. The summed E-state index contributed by atoms with van der Waals surface area (Å²) in [6.45, 7) is 0. The summed E-state index contributed by atoms with van der Waals surface area (Å²) in [6.07, 6.45) is 4.11. The van der Waals surface area contributed by atoms with Crippen LogP contribution in [0.5, 0.6) is 0 Å². The molecule has 1 amide bonds. The van der Waals surface area contributed by atoms with E-state index in [4.69, 9.17) is 16.7 Å². The van der Waals surface area contributed by atoms with Crippen LogP contribution in [0.1, 0.15) is 46.8 Å². The van der Waals surface area contributed by atoms with Crippen LogP contribution in [0.25, 0.3) is 6.08 Å². The summed E-state index contributed by atoms with van der Waals surface area (Å²) in [6, 6.07) is 18.6. The fraction of sp³-hybridized carbons (Fsp3) is 0.185. The third kappa shape index (κ3) is 4.85. The Labute approximate surface area is 217 Å². The number of nitrogens with zero attached hydrogens (tertiary/aromatic N) is 4. The molecule has 1 aliphatic carbocycles. The largest absolute Gasteiger partial charge is 0.274 e. The molecule has 0 unspecified atom stereocenters. The van der Waals surface area contributed by atoms with Crippen LogP contribution >= 0.6 is 11.6 Å². The number of rotatable bonds is 5. The van der Waals surface area contributed by atoms with Gasteiger partial charge < -0.3 is 0 Å². The second-order valence-corrected chi connectivity index (χ2v) is 9.40. The molecule has 10 heteroatoms. The zero-order chi connectivity index (χ0) is 26.1. The Hall–Kier alpha value is -4.37.